The maximum Gasteiger partial charge on any atom is 0.264 e. The monoisotopic (exact) mass is 434 g/mol. The van der Waals surface area contributed by atoms with Crippen LogP contribution < -0.4 is 15.7 Å². The molecule has 0 aliphatic heterocycles. The van der Waals surface area contributed by atoms with Crippen LogP contribution in [0.25, 0.3) is 5.31 Å². The number of benzene rings is 3. The molecule has 3 rings (SSSR count). The number of carbonyl (C=O) groups excluding carboxylic acids is 2. The Morgan fingerprint density at radius 1 is 0.839 bits per heavy atom. The molecule has 0 aliphatic carbocycles. The van der Waals surface area contributed by atoms with Crippen LogP contribution in [0.3, 0.4) is 0 Å². The lowest BCUT2D eigenvalue weighted by Gasteiger charge is -2.25. The van der Waals surface area contributed by atoms with Gasteiger partial charge in [-0.3, -0.25) is 9.36 Å². The smallest absolute Gasteiger partial charge is 0.264 e. The molecule has 3 aromatic carbocycles. The minimum Gasteiger partial charge on any atom is -0.543 e. The van der Waals surface area contributed by atoms with Gasteiger partial charge in [-0.15, -0.1) is 0 Å². The molecule has 0 saturated heterocycles. The largest absolute Gasteiger partial charge is 0.543 e. The fourth-order valence-electron chi connectivity index (χ4n) is 3.11. The van der Waals surface area contributed by atoms with Gasteiger partial charge < -0.3 is 19.7 Å². The lowest BCUT2D eigenvalue weighted by atomic mass is 10.1. The summed E-state index contributed by atoms with van der Waals surface area (Å²) in [6.07, 6.45) is 0. The number of hydrogen-bond donors (Lipinski definition) is 1. The van der Waals surface area contributed by atoms with Crippen molar-refractivity contribution in [1.29, 1.82) is 0 Å². The molecule has 1 amide bonds. The Kier molecular flexibility index (Phi) is 7.19. The van der Waals surface area contributed by atoms with Crippen molar-refractivity contribution in [2.75, 3.05) is 6.61 Å². The topological polar surface area (TPSA) is 95.5 Å². The zero-order valence-electron chi connectivity index (χ0n) is 16.9. The molecular formula is C24H21NO5P-. The molecule has 0 heterocycles. The standard InChI is InChI=1S/C24H22NO5P/c1-2-30-31(29,20-16-10-5-11-17-20)22(18-12-6-3-7-13-18)21(24(27)28)25-23(26)19-14-8-4-9-15-19/h3-17H,2H2,1H3,(H,25,26)(H,27,28)/p-1/b22-21+/t31-/m1/s1. The van der Waals surface area contributed by atoms with Crippen LogP contribution in [0.2, 0.25) is 0 Å². The van der Waals surface area contributed by atoms with Crippen molar-refractivity contribution < 1.29 is 23.8 Å². The molecule has 0 bridgehead atoms. The first-order chi connectivity index (χ1) is 15.0. The van der Waals surface area contributed by atoms with Crippen molar-refractivity contribution in [3.63, 3.8) is 0 Å². The molecule has 0 radical (unpaired) electrons. The van der Waals surface area contributed by atoms with E-state index in [1.54, 1.807) is 97.9 Å². The zero-order valence-corrected chi connectivity index (χ0v) is 17.8. The number of rotatable bonds is 8. The Balaban J connectivity index is 2.27. The summed E-state index contributed by atoms with van der Waals surface area (Å²) < 4.78 is 20.0. The highest BCUT2D eigenvalue weighted by molar-refractivity contribution is 7.77. The van der Waals surface area contributed by atoms with Crippen LogP contribution in [0, 0.1) is 0 Å². The zero-order chi connectivity index (χ0) is 22.3. The second kappa shape index (κ2) is 10.0. The molecule has 3 aromatic rings. The first kappa shape index (κ1) is 22.2. The first-order valence-electron chi connectivity index (χ1n) is 9.65. The van der Waals surface area contributed by atoms with Gasteiger partial charge in [0.05, 0.1) is 23.6 Å². The molecule has 31 heavy (non-hydrogen) atoms. The third-order valence-corrected chi connectivity index (χ3v) is 7.13. The van der Waals surface area contributed by atoms with Gasteiger partial charge in [-0.2, -0.15) is 0 Å². The fraction of sp³-hybridized carbons (Fsp3) is 0.0833. The third kappa shape index (κ3) is 5.00. The van der Waals surface area contributed by atoms with E-state index in [9.17, 15) is 19.3 Å². The highest BCUT2D eigenvalue weighted by Gasteiger charge is 2.35. The average molecular weight is 434 g/mol. The summed E-state index contributed by atoms with van der Waals surface area (Å²) in [5.74, 6) is -2.33. The van der Waals surface area contributed by atoms with Gasteiger partial charge in [0, 0.05) is 10.9 Å². The van der Waals surface area contributed by atoms with E-state index in [1.165, 1.54) is 0 Å². The lowest BCUT2D eigenvalue weighted by molar-refractivity contribution is -0.299. The van der Waals surface area contributed by atoms with E-state index in [2.05, 4.69) is 5.32 Å². The van der Waals surface area contributed by atoms with Crippen molar-refractivity contribution in [3.8, 4) is 0 Å². The van der Waals surface area contributed by atoms with Crippen LogP contribution in [0.5, 0.6) is 0 Å². The van der Waals surface area contributed by atoms with Gasteiger partial charge in [-0.1, -0.05) is 66.7 Å². The maximum atomic E-state index is 14.3. The predicted molar refractivity (Wildman–Crippen MR) is 118 cm³/mol. The van der Waals surface area contributed by atoms with Crippen LogP contribution in [0.1, 0.15) is 22.8 Å². The van der Waals surface area contributed by atoms with Crippen molar-refractivity contribution in [1.82, 2.24) is 5.32 Å². The molecule has 0 aliphatic rings. The SMILES string of the molecule is CCO[P@@](=O)(/C(=C(/NC(=O)c1ccccc1)C(=O)[O-])c1ccccc1)c1ccccc1. The number of carboxylic acids is 1. The number of aliphatic carboxylic acids is 1. The number of carbonyl (C=O) groups is 2. The molecule has 7 heteroatoms. The first-order valence-corrected chi connectivity index (χ1v) is 11.3. The quantitative estimate of drug-likeness (QED) is 0.434. The number of amides is 1. The molecule has 1 atom stereocenters. The molecule has 158 valence electrons. The summed E-state index contributed by atoms with van der Waals surface area (Å²) >= 11 is 0. The summed E-state index contributed by atoms with van der Waals surface area (Å²) in [5.41, 5.74) is -0.00370. The molecule has 0 spiro atoms. The summed E-state index contributed by atoms with van der Waals surface area (Å²) in [4.78, 5) is 25.0. The van der Waals surface area contributed by atoms with Gasteiger partial charge in [0.2, 0.25) is 0 Å². The van der Waals surface area contributed by atoms with E-state index in [4.69, 9.17) is 4.52 Å². The molecular weight excluding hydrogens is 413 g/mol. The van der Waals surface area contributed by atoms with E-state index in [0.29, 0.717) is 10.9 Å². The van der Waals surface area contributed by atoms with E-state index in [1.807, 2.05) is 0 Å². The fourth-order valence-corrected chi connectivity index (χ4v) is 5.51. The third-order valence-electron chi connectivity index (χ3n) is 4.46. The molecule has 6 nitrogen and oxygen atoms in total. The average Bonchev–Trinajstić information content (AvgIpc) is 2.80. The van der Waals surface area contributed by atoms with E-state index < -0.39 is 24.9 Å². The van der Waals surface area contributed by atoms with Gasteiger partial charge in [-0.25, -0.2) is 0 Å². The molecule has 0 unspecified atom stereocenters. The van der Waals surface area contributed by atoms with Gasteiger partial charge in [0.15, 0.2) is 0 Å². The second-order valence-electron chi connectivity index (χ2n) is 6.50. The normalized spacial score (nSPS) is 13.6. The van der Waals surface area contributed by atoms with Gasteiger partial charge in [-0.05, 0) is 36.8 Å². The predicted octanol–water partition coefficient (Wildman–Crippen LogP) is 3.18. The molecule has 0 aromatic heterocycles. The van der Waals surface area contributed by atoms with Gasteiger partial charge in [0.25, 0.3) is 13.3 Å². The van der Waals surface area contributed by atoms with Gasteiger partial charge in [0.1, 0.15) is 0 Å². The number of hydrogen-bond acceptors (Lipinski definition) is 5. The van der Waals surface area contributed by atoms with E-state index in [0.717, 1.165) is 0 Å². The Hall–Kier alpha value is -3.47. The molecule has 0 fully saturated rings. The highest BCUT2D eigenvalue weighted by Crippen LogP contribution is 2.59. The summed E-state index contributed by atoms with van der Waals surface area (Å²) in [7, 11) is -3.92. The van der Waals surface area contributed by atoms with Crippen molar-refractivity contribution in [2.45, 2.75) is 6.92 Å². The Morgan fingerprint density at radius 3 is 1.81 bits per heavy atom. The van der Waals surface area contributed by atoms with E-state index in [-0.39, 0.29) is 17.5 Å². The van der Waals surface area contributed by atoms with E-state index >= 15 is 0 Å². The van der Waals surface area contributed by atoms with Crippen LogP contribution in [-0.2, 0) is 13.9 Å². The van der Waals surface area contributed by atoms with Gasteiger partial charge >= 0.3 is 0 Å². The Morgan fingerprint density at radius 2 is 1.32 bits per heavy atom. The highest BCUT2D eigenvalue weighted by atomic mass is 31.2. The lowest BCUT2D eigenvalue weighted by Crippen LogP contribution is -2.37. The van der Waals surface area contributed by atoms with Crippen molar-refractivity contribution in [3.05, 3.63) is 108 Å². The minimum absolute atomic E-state index is 0.0649. The number of nitrogens with one attached hydrogen (secondary N) is 1. The van der Waals surface area contributed by atoms with Crippen LogP contribution >= 0.6 is 7.37 Å². The maximum absolute atomic E-state index is 14.3. The van der Waals surface area contributed by atoms with Crippen LogP contribution in [0.15, 0.2) is 96.7 Å². The summed E-state index contributed by atoms with van der Waals surface area (Å²) in [6, 6.07) is 24.8. The molecule has 0 saturated carbocycles. The Labute approximate surface area is 180 Å². The number of carboxylic acid groups (broad SMARTS) is 1. The second-order valence-corrected chi connectivity index (χ2v) is 8.83. The Bertz CT molecular complexity index is 1130. The summed E-state index contributed by atoms with van der Waals surface area (Å²) in [5, 5.41) is 14.8. The molecule has 1 N–H and O–H groups in total. The minimum atomic E-state index is -3.92. The van der Waals surface area contributed by atoms with Crippen molar-refractivity contribution in [2.24, 2.45) is 0 Å². The van der Waals surface area contributed by atoms with Crippen LogP contribution in [0.4, 0.5) is 0 Å². The summed E-state index contributed by atoms with van der Waals surface area (Å²) in [6.45, 7) is 1.73. The van der Waals surface area contributed by atoms with Crippen LogP contribution in [-0.4, -0.2) is 18.5 Å². The van der Waals surface area contributed by atoms with Crippen molar-refractivity contribution >= 4 is 29.9 Å².